The lowest BCUT2D eigenvalue weighted by Gasteiger charge is -2.19. The molecule has 200 valence electrons. The molecule has 38 heavy (non-hydrogen) atoms. The normalized spacial score (nSPS) is 15.8. The molecule has 1 atom stereocenters. The maximum atomic E-state index is 13.5. The van der Waals surface area contributed by atoms with Crippen molar-refractivity contribution < 1.29 is 9.59 Å². The number of carbonyl (C=O) groups excluding carboxylic acids is 2. The molecule has 2 amide bonds. The Morgan fingerprint density at radius 2 is 2.00 bits per heavy atom. The second kappa shape index (κ2) is 11.8. The van der Waals surface area contributed by atoms with E-state index >= 15 is 0 Å². The van der Waals surface area contributed by atoms with Gasteiger partial charge in [0.1, 0.15) is 0 Å². The summed E-state index contributed by atoms with van der Waals surface area (Å²) in [4.78, 5) is 37.3. The number of fused-ring (bicyclic) bond motifs is 1. The zero-order chi connectivity index (χ0) is 27.4. The van der Waals surface area contributed by atoms with Crippen LogP contribution in [0.2, 0.25) is 0 Å². The summed E-state index contributed by atoms with van der Waals surface area (Å²) >= 11 is 0. The first-order valence-electron chi connectivity index (χ1n) is 13.4. The fraction of sp³-hybridized carbons (Fsp3) is 0.433. The predicted octanol–water partition coefficient (Wildman–Crippen LogP) is 5.20. The van der Waals surface area contributed by atoms with Gasteiger partial charge in [-0.1, -0.05) is 37.1 Å². The Balaban J connectivity index is 1.66. The topological polar surface area (TPSA) is 92.5 Å². The number of aromatic nitrogens is 3. The number of amides is 2. The number of allylic oxidation sites excluding steroid dienone is 1. The Morgan fingerprint density at radius 1 is 1.21 bits per heavy atom. The summed E-state index contributed by atoms with van der Waals surface area (Å²) in [6.45, 7) is 12.1. The number of benzene rings is 1. The van der Waals surface area contributed by atoms with E-state index < -0.39 is 5.92 Å². The molecule has 0 fully saturated rings. The van der Waals surface area contributed by atoms with Crippen LogP contribution in [0.5, 0.6) is 0 Å². The van der Waals surface area contributed by atoms with Gasteiger partial charge in [0.25, 0.3) is 11.8 Å². The van der Waals surface area contributed by atoms with Gasteiger partial charge in [-0.05, 0) is 71.5 Å². The minimum atomic E-state index is -0.459. The average molecular weight is 515 g/mol. The highest BCUT2D eigenvalue weighted by Gasteiger charge is 2.25. The number of unbranched alkanes of at least 4 members (excludes halogenated alkanes) is 1. The summed E-state index contributed by atoms with van der Waals surface area (Å²) in [5.74, 6) is -0.944. The van der Waals surface area contributed by atoms with Crippen LogP contribution in [0.25, 0.3) is 22.3 Å². The number of dihydropyridines is 1. The summed E-state index contributed by atoms with van der Waals surface area (Å²) in [7, 11) is 2.14. The quantitative estimate of drug-likeness (QED) is 0.401. The third-order valence-electron chi connectivity index (χ3n) is 6.91. The van der Waals surface area contributed by atoms with Crippen molar-refractivity contribution in [3.63, 3.8) is 0 Å². The van der Waals surface area contributed by atoms with Gasteiger partial charge in [-0.2, -0.15) is 5.10 Å². The number of aliphatic imine (C=N–C) groups is 1. The number of rotatable bonds is 10. The lowest BCUT2D eigenvalue weighted by molar-refractivity contribution is -0.120. The van der Waals surface area contributed by atoms with E-state index in [1.54, 1.807) is 13.1 Å². The van der Waals surface area contributed by atoms with Crippen molar-refractivity contribution in [3.05, 3.63) is 59.3 Å². The van der Waals surface area contributed by atoms with Crippen LogP contribution in [-0.4, -0.2) is 57.3 Å². The first-order valence-corrected chi connectivity index (χ1v) is 13.4. The third kappa shape index (κ3) is 6.07. The maximum Gasteiger partial charge on any atom is 0.254 e. The Hall–Kier alpha value is -3.65. The van der Waals surface area contributed by atoms with Crippen molar-refractivity contribution in [2.75, 3.05) is 20.1 Å². The second-order valence-corrected chi connectivity index (χ2v) is 10.5. The van der Waals surface area contributed by atoms with E-state index in [1.165, 1.54) is 18.4 Å². The predicted molar refractivity (Wildman–Crippen MR) is 152 cm³/mol. The van der Waals surface area contributed by atoms with Crippen LogP contribution in [0.3, 0.4) is 0 Å². The van der Waals surface area contributed by atoms with Crippen LogP contribution in [-0.2, 0) is 11.3 Å². The first-order chi connectivity index (χ1) is 18.2. The van der Waals surface area contributed by atoms with Gasteiger partial charge in [0, 0.05) is 30.4 Å². The van der Waals surface area contributed by atoms with E-state index in [1.807, 2.05) is 49.7 Å². The minimum absolute atomic E-state index is 0.0819. The highest BCUT2D eigenvalue weighted by Crippen LogP contribution is 2.27. The van der Waals surface area contributed by atoms with Crippen molar-refractivity contribution in [3.8, 4) is 11.3 Å². The van der Waals surface area contributed by atoms with Gasteiger partial charge in [0.15, 0.2) is 5.65 Å². The summed E-state index contributed by atoms with van der Waals surface area (Å²) < 4.78 is 1.84. The fourth-order valence-corrected chi connectivity index (χ4v) is 4.83. The summed E-state index contributed by atoms with van der Waals surface area (Å²) in [6, 6.07) is 10.2. The number of pyridine rings is 1. The number of nitrogens with zero attached hydrogens (tertiary/aromatic N) is 5. The lowest BCUT2D eigenvalue weighted by atomic mass is 9.95. The molecule has 0 aliphatic carbocycles. The number of hydrogen-bond acceptors (Lipinski definition) is 5. The largest absolute Gasteiger partial charge is 0.351 e. The number of hydrogen-bond donors (Lipinski definition) is 1. The fourth-order valence-electron chi connectivity index (χ4n) is 4.83. The Kier molecular flexibility index (Phi) is 8.52. The van der Waals surface area contributed by atoms with Crippen molar-refractivity contribution in [2.45, 2.75) is 60.0 Å². The van der Waals surface area contributed by atoms with Gasteiger partial charge in [-0.25, -0.2) is 14.7 Å². The molecule has 8 nitrogen and oxygen atoms in total. The molecule has 1 aliphatic heterocycles. The molecule has 0 saturated heterocycles. The van der Waals surface area contributed by atoms with E-state index in [4.69, 9.17) is 4.98 Å². The van der Waals surface area contributed by atoms with E-state index in [2.05, 4.69) is 46.4 Å². The molecule has 3 heterocycles. The van der Waals surface area contributed by atoms with Gasteiger partial charge in [0.2, 0.25) is 0 Å². The van der Waals surface area contributed by atoms with Gasteiger partial charge < -0.3 is 10.2 Å². The zero-order valence-corrected chi connectivity index (χ0v) is 23.3. The molecule has 1 aliphatic rings. The minimum Gasteiger partial charge on any atom is -0.351 e. The van der Waals surface area contributed by atoms with Crippen LogP contribution >= 0.6 is 0 Å². The SMILES string of the molecule is CCCCN(C)Cc1cccc(-c2cc(C(=O)NCC3C(=O)N=C(C)C=C3C)c3cnn(C(C)C)c3n2)c1. The molecule has 8 heteroatoms. The highest BCUT2D eigenvalue weighted by atomic mass is 16.2. The molecule has 3 aromatic rings. The molecule has 1 aromatic carbocycles. The molecule has 0 radical (unpaired) electrons. The van der Waals surface area contributed by atoms with Gasteiger partial charge >= 0.3 is 0 Å². The molecule has 0 bridgehead atoms. The Labute approximate surface area is 224 Å². The molecule has 2 aromatic heterocycles. The second-order valence-electron chi connectivity index (χ2n) is 10.5. The molecule has 4 rings (SSSR count). The van der Waals surface area contributed by atoms with Crippen LogP contribution in [0.4, 0.5) is 0 Å². The monoisotopic (exact) mass is 514 g/mol. The maximum absolute atomic E-state index is 13.5. The standard InChI is InChI=1S/C30H38N6O2/c1-7-8-12-35(6)18-22-10-9-11-23(14-22)27-15-24(26-17-32-36(19(2)3)28(26)34-27)29(37)31-16-25-20(4)13-21(5)33-30(25)38/h9-11,13-15,17,19,25H,7-8,12,16,18H2,1-6H3,(H,31,37). The summed E-state index contributed by atoms with van der Waals surface area (Å²) in [6.07, 6.45) is 5.92. The molecule has 0 spiro atoms. The molecule has 1 unspecified atom stereocenters. The van der Waals surface area contributed by atoms with Gasteiger partial charge in [-0.15, -0.1) is 0 Å². The Morgan fingerprint density at radius 3 is 2.71 bits per heavy atom. The smallest absolute Gasteiger partial charge is 0.254 e. The molecular formula is C30H38N6O2. The van der Waals surface area contributed by atoms with Crippen LogP contribution in [0, 0.1) is 5.92 Å². The van der Waals surface area contributed by atoms with E-state index in [9.17, 15) is 9.59 Å². The molecule has 1 N–H and O–H groups in total. The molecular weight excluding hydrogens is 476 g/mol. The lowest BCUT2D eigenvalue weighted by Crippen LogP contribution is -2.34. The number of nitrogens with one attached hydrogen (secondary N) is 1. The van der Waals surface area contributed by atoms with Crippen molar-refractivity contribution >= 4 is 28.6 Å². The van der Waals surface area contributed by atoms with E-state index in [-0.39, 0.29) is 24.4 Å². The highest BCUT2D eigenvalue weighted by molar-refractivity contribution is 6.08. The zero-order valence-electron chi connectivity index (χ0n) is 23.3. The first kappa shape index (κ1) is 27.4. The van der Waals surface area contributed by atoms with Crippen LogP contribution in [0.15, 0.2) is 53.2 Å². The van der Waals surface area contributed by atoms with Crippen molar-refractivity contribution in [1.82, 2.24) is 25.0 Å². The van der Waals surface area contributed by atoms with Crippen LogP contribution < -0.4 is 5.32 Å². The summed E-state index contributed by atoms with van der Waals surface area (Å²) in [5.41, 5.74) is 5.61. The summed E-state index contributed by atoms with van der Waals surface area (Å²) in [5, 5.41) is 8.18. The average Bonchev–Trinajstić information content (AvgIpc) is 3.30. The Bertz CT molecular complexity index is 1400. The van der Waals surface area contributed by atoms with Crippen molar-refractivity contribution in [2.24, 2.45) is 10.9 Å². The molecule has 0 saturated carbocycles. The third-order valence-corrected chi connectivity index (χ3v) is 6.91. The van der Waals surface area contributed by atoms with E-state index in [0.29, 0.717) is 28.0 Å². The van der Waals surface area contributed by atoms with Crippen LogP contribution in [0.1, 0.15) is 69.4 Å². The van der Waals surface area contributed by atoms with E-state index in [0.717, 1.165) is 24.2 Å². The number of carbonyl (C=O) groups is 2. The van der Waals surface area contributed by atoms with Gasteiger partial charge in [-0.3, -0.25) is 9.59 Å². The van der Waals surface area contributed by atoms with Crippen molar-refractivity contribution in [1.29, 1.82) is 0 Å². The van der Waals surface area contributed by atoms with Gasteiger partial charge in [0.05, 0.1) is 28.8 Å².